The lowest BCUT2D eigenvalue weighted by Gasteiger charge is -2.22. The largest absolute Gasteiger partial charge is 0.497 e. The molecule has 0 aliphatic carbocycles. The summed E-state index contributed by atoms with van der Waals surface area (Å²) in [5.74, 6) is 1.41. The van der Waals surface area contributed by atoms with Gasteiger partial charge in [0.15, 0.2) is 11.5 Å². The van der Waals surface area contributed by atoms with Crippen molar-refractivity contribution < 1.29 is 27.4 Å². The number of carbonyl (C=O) groups excluding carboxylic acids is 1. The van der Waals surface area contributed by atoms with Gasteiger partial charge in [-0.2, -0.15) is 0 Å². The van der Waals surface area contributed by atoms with Crippen LogP contribution in [0.15, 0.2) is 42.5 Å². The van der Waals surface area contributed by atoms with E-state index in [-0.39, 0.29) is 19.2 Å². The van der Waals surface area contributed by atoms with E-state index < -0.39 is 10.0 Å². The molecule has 0 unspecified atom stereocenters. The maximum Gasteiger partial charge on any atom is 0.240 e. The molecule has 1 amide bonds. The van der Waals surface area contributed by atoms with Crippen LogP contribution in [0, 0.1) is 0 Å². The molecule has 3 rings (SSSR count). The molecule has 29 heavy (non-hydrogen) atoms. The van der Waals surface area contributed by atoms with E-state index >= 15 is 0 Å². The zero-order valence-electron chi connectivity index (χ0n) is 16.4. The molecule has 1 aliphatic heterocycles. The summed E-state index contributed by atoms with van der Waals surface area (Å²) in [6.45, 7) is 0.220. The maximum atomic E-state index is 12.3. The zero-order chi connectivity index (χ0) is 20.9. The fraction of sp³-hybridized carbons (Fsp3) is 0.350. The molecule has 0 fully saturated rings. The van der Waals surface area contributed by atoms with E-state index in [0.717, 1.165) is 34.7 Å². The van der Waals surface area contributed by atoms with Crippen LogP contribution >= 0.6 is 0 Å². The molecule has 0 bridgehead atoms. The number of fused-ring (bicyclic) bond motifs is 1. The molecule has 0 spiro atoms. The minimum atomic E-state index is -3.65. The van der Waals surface area contributed by atoms with Gasteiger partial charge in [0.2, 0.25) is 22.7 Å². The average molecular weight is 420 g/mol. The molecule has 0 saturated heterocycles. The Bertz CT molecular complexity index is 977. The molecular weight excluding hydrogens is 396 g/mol. The molecule has 0 atom stereocenters. The molecule has 8 nitrogen and oxygen atoms in total. The Labute approximate surface area is 170 Å². The van der Waals surface area contributed by atoms with Crippen LogP contribution in [-0.2, 0) is 21.2 Å². The first-order valence-corrected chi connectivity index (χ1v) is 11.0. The number of aryl methyl sites for hydroxylation is 1. The maximum absolute atomic E-state index is 12.3. The number of rotatable bonds is 9. The minimum absolute atomic E-state index is 0.0887. The number of anilines is 1. The molecule has 2 aromatic rings. The second kappa shape index (κ2) is 9.04. The third kappa shape index (κ3) is 5.54. The predicted molar refractivity (Wildman–Crippen MR) is 109 cm³/mol. The molecule has 0 aromatic heterocycles. The number of hydrogen-bond acceptors (Lipinski definition) is 6. The molecule has 0 saturated carbocycles. The summed E-state index contributed by atoms with van der Waals surface area (Å²) in [6, 6.07) is 12.5. The van der Waals surface area contributed by atoms with Crippen molar-refractivity contribution in [2.24, 2.45) is 0 Å². The van der Waals surface area contributed by atoms with E-state index in [9.17, 15) is 13.2 Å². The Morgan fingerprint density at radius 1 is 1.17 bits per heavy atom. The van der Waals surface area contributed by atoms with Gasteiger partial charge in [-0.3, -0.25) is 9.10 Å². The molecular formula is C20H24N2O6S. The van der Waals surface area contributed by atoms with Gasteiger partial charge in [0, 0.05) is 12.6 Å². The lowest BCUT2D eigenvalue weighted by atomic mass is 10.1. The number of benzene rings is 2. The molecule has 1 heterocycles. The highest BCUT2D eigenvalue weighted by Crippen LogP contribution is 2.36. The summed E-state index contributed by atoms with van der Waals surface area (Å²) in [5, 5.41) is 2.77. The molecule has 1 N–H and O–H groups in total. The molecule has 2 aromatic carbocycles. The van der Waals surface area contributed by atoms with Crippen LogP contribution in [0.1, 0.15) is 12.0 Å². The van der Waals surface area contributed by atoms with Crippen molar-refractivity contribution in [3.63, 3.8) is 0 Å². The van der Waals surface area contributed by atoms with Crippen LogP contribution < -0.4 is 23.8 Å². The number of carbonyl (C=O) groups is 1. The number of sulfonamides is 1. The second-order valence-electron chi connectivity index (χ2n) is 6.61. The summed E-state index contributed by atoms with van der Waals surface area (Å²) < 4.78 is 41.2. The fourth-order valence-corrected chi connectivity index (χ4v) is 3.82. The van der Waals surface area contributed by atoms with Crippen LogP contribution in [0.2, 0.25) is 0 Å². The van der Waals surface area contributed by atoms with Gasteiger partial charge in [0.1, 0.15) is 12.3 Å². The highest BCUT2D eigenvalue weighted by Gasteiger charge is 2.23. The quantitative estimate of drug-likeness (QED) is 0.623. The van der Waals surface area contributed by atoms with Crippen LogP contribution in [0.3, 0.4) is 0 Å². The van der Waals surface area contributed by atoms with Gasteiger partial charge < -0.3 is 19.5 Å². The van der Waals surface area contributed by atoms with E-state index in [1.807, 2.05) is 24.3 Å². The number of methoxy groups -OCH3 is 1. The van der Waals surface area contributed by atoms with Crippen LogP contribution in [0.4, 0.5) is 5.69 Å². The van der Waals surface area contributed by atoms with Crippen LogP contribution in [0.5, 0.6) is 17.2 Å². The van der Waals surface area contributed by atoms with Gasteiger partial charge in [0.25, 0.3) is 0 Å². The highest BCUT2D eigenvalue weighted by molar-refractivity contribution is 7.92. The number of hydrogen-bond donors (Lipinski definition) is 1. The Hall–Kier alpha value is -2.94. The minimum Gasteiger partial charge on any atom is -0.497 e. The predicted octanol–water partition coefficient (Wildman–Crippen LogP) is 1.94. The van der Waals surface area contributed by atoms with Gasteiger partial charge in [-0.05, 0) is 42.7 Å². The summed E-state index contributed by atoms with van der Waals surface area (Å²) in [7, 11) is -2.03. The van der Waals surface area contributed by atoms with Gasteiger partial charge in [-0.15, -0.1) is 0 Å². The molecule has 1 aliphatic rings. The Morgan fingerprint density at radius 3 is 2.72 bits per heavy atom. The van der Waals surface area contributed by atoms with E-state index in [0.29, 0.717) is 23.7 Å². The van der Waals surface area contributed by atoms with E-state index in [2.05, 4.69) is 5.32 Å². The summed E-state index contributed by atoms with van der Waals surface area (Å²) >= 11 is 0. The van der Waals surface area contributed by atoms with Crippen molar-refractivity contribution in [2.75, 3.05) is 37.6 Å². The van der Waals surface area contributed by atoms with Crippen molar-refractivity contribution in [1.82, 2.24) is 5.32 Å². The van der Waals surface area contributed by atoms with Crippen LogP contribution in [-0.4, -0.2) is 47.6 Å². The normalized spacial score (nSPS) is 12.5. The standard InChI is InChI=1S/C20H24N2O6S/c1-26-17-7-3-5-15(11-17)6-4-10-21-20(23)13-22(29(2,24)25)16-8-9-18-19(12-16)28-14-27-18/h3,5,7-9,11-12H,4,6,10,13-14H2,1-2H3,(H,21,23). The summed E-state index contributed by atoms with van der Waals surface area (Å²) in [6.07, 6.45) is 2.56. The van der Waals surface area contributed by atoms with E-state index in [1.54, 1.807) is 25.3 Å². The Balaban J connectivity index is 1.55. The molecule has 9 heteroatoms. The van der Waals surface area contributed by atoms with Gasteiger partial charge in [0.05, 0.1) is 19.1 Å². The Morgan fingerprint density at radius 2 is 1.97 bits per heavy atom. The molecule has 156 valence electrons. The van der Waals surface area contributed by atoms with Crippen molar-refractivity contribution in [1.29, 1.82) is 0 Å². The van der Waals surface area contributed by atoms with Crippen molar-refractivity contribution in [2.45, 2.75) is 12.8 Å². The van der Waals surface area contributed by atoms with E-state index in [1.165, 1.54) is 0 Å². The lowest BCUT2D eigenvalue weighted by molar-refractivity contribution is -0.119. The number of ether oxygens (including phenoxy) is 3. The first-order valence-electron chi connectivity index (χ1n) is 9.14. The van der Waals surface area contributed by atoms with Gasteiger partial charge in [-0.1, -0.05) is 12.1 Å². The lowest BCUT2D eigenvalue weighted by Crippen LogP contribution is -2.40. The fourth-order valence-electron chi connectivity index (χ4n) is 2.97. The number of nitrogens with one attached hydrogen (secondary N) is 1. The monoisotopic (exact) mass is 420 g/mol. The highest BCUT2D eigenvalue weighted by atomic mass is 32.2. The van der Waals surface area contributed by atoms with Crippen molar-refractivity contribution in [3.8, 4) is 17.2 Å². The number of nitrogens with zero attached hydrogens (tertiary/aromatic N) is 1. The van der Waals surface area contributed by atoms with Crippen LogP contribution in [0.25, 0.3) is 0 Å². The first kappa shape index (κ1) is 20.8. The van der Waals surface area contributed by atoms with Crippen molar-refractivity contribution in [3.05, 3.63) is 48.0 Å². The zero-order valence-corrected chi connectivity index (χ0v) is 17.2. The summed E-state index contributed by atoms with van der Waals surface area (Å²) in [4.78, 5) is 12.3. The average Bonchev–Trinajstić information content (AvgIpc) is 3.16. The topological polar surface area (TPSA) is 94.2 Å². The molecule has 0 radical (unpaired) electrons. The smallest absolute Gasteiger partial charge is 0.240 e. The van der Waals surface area contributed by atoms with Crippen molar-refractivity contribution >= 4 is 21.6 Å². The van der Waals surface area contributed by atoms with Gasteiger partial charge >= 0.3 is 0 Å². The Kier molecular flexibility index (Phi) is 6.48. The number of amides is 1. The SMILES string of the molecule is COc1cccc(CCCNC(=O)CN(c2ccc3c(c2)OCO3)S(C)(=O)=O)c1. The summed E-state index contributed by atoms with van der Waals surface area (Å²) in [5.41, 5.74) is 1.46. The van der Waals surface area contributed by atoms with E-state index in [4.69, 9.17) is 14.2 Å². The second-order valence-corrected chi connectivity index (χ2v) is 8.52. The third-order valence-electron chi connectivity index (χ3n) is 4.43. The first-order chi connectivity index (χ1) is 13.9. The van der Waals surface area contributed by atoms with Gasteiger partial charge in [-0.25, -0.2) is 8.42 Å². The third-order valence-corrected chi connectivity index (χ3v) is 5.57.